The molecule has 2 N–H and O–H groups in total. The molecule has 0 aromatic heterocycles. The SMILES string of the molecule is Cc1cc2c(c([N+](=O)[O-])c1C)C(=O)NCC(=O)N2. The van der Waals surface area contributed by atoms with Crippen molar-refractivity contribution in [1.29, 1.82) is 0 Å². The van der Waals surface area contributed by atoms with Crippen molar-refractivity contribution >= 4 is 23.2 Å². The Bertz CT molecular complexity index is 580. The van der Waals surface area contributed by atoms with E-state index in [2.05, 4.69) is 10.6 Å². The highest BCUT2D eigenvalue weighted by Crippen LogP contribution is 2.33. The van der Waals surface area contributed by atoms with Gasteiger partial charge in [0, 0.05) is 5.56 Å². The quantitative estimate of drug-likeness (QED) is 0.570. The molecule has 0 bridgehead atoms. The van der Waals surface area contributed by atoms with Crippen LogP contribution >= 0.6 is 0 Å². The Morgan fingerprint density at radius 3 is 2.61 bits per heavy atom. The van der Waals surface area contributed by atoms with Gasteiger partial charge in [0.15, 0.2) is 0 Å². The fourth-order valence-electron chi connectivity index (χ4n) is 1.90. The van der Waals surface area contributed by atoms with Gasteiger partial charge in [-0.15, -0.1) is 0 Å². The molecule has 2 amide bonds. The lowest BCUT2D eigenvalue weighted by Crippen LogP contribution is -2.28. The van der Waals surface area contributed by atoms with Crippen molar-refractivity contribution in [1.82, 2.24) is 5.32 Å². The summed E-state index contributed by atoms with van der Waals surface area (Å²) in [7, 11) is 0. The minimum atomic E-state index is -0.613. The van der Waals surface area contributed by atoms with Gasteiger partial charge in [0.05, 0.1) is 17.2 Å². The summed E-state index contributed by atoms with van der Waals surface area (Å²) in [5.74, 6) is -1.02. The second-order valence-electron chi connectivity index (χ2n) is 4.08. The number of nitrogens with one attached hydrogen (secondary N) is 2. The number of nitro groups is 1. The Morgan fingerprint density at radius 1 is 1.33 bits per heavy atom. The van der Waals surface area contributed by atoms with E-state index in [0.717, 1.165) is 0 Å². The van der Waals surface area contributed by atoms with Crippen molar-refractivity contribution in [3.05, 3.63) is 32.9 Å². The maximum Gasteiger partial charge on any atom is 0.287 e. The van der Waals surface area contributed by atoms with Crippen molar-refractivity contribution < 1.29 is 14.5 Å². The number of fused-ring (bicyclic) bond motifs is 1. The van der Waals surface area contributed by atoms with Crippen LogP contribution in [0.3, 0.4) is 0 Å². The number of carbonyl (C=O) groups excluding carboxylic acids is 2. The normalized spacial score (nSPS) is 14.3. The second-order valence-corrected chi connectivity index (χ2v) is 4.08. The number of carbonyl (C=O) groups is 2. The second kappa shape index (κ2) is 4.10. The molecule has 1 heterocycles. The molecule has 94 valence electrons. The maximum atomic E-state index is 11.8. The molecule has 1 aliphatic heterocycles. The first-order valence-corrected chi connectivity index (χ1v) is 5.28. The molecule has 0 unspecified atom stereocenters. The van der Waals surface area contributed by atoms with E-state index in [4.69, 9.17) is 0 Å². The van der Waals surface area contributed by atoms with Gasteiger partial charge < -0.3 is 10.6 Å². The highest BCUT2D eigenvalue weighted by molar-refractivity contribution is 6.11. The lowest BCUT2D eigenvalue weighted by Gasteiger charge is -2.10. The molecule has 18 heavy (non-hydrogen) atoms. The molecular weight excluding hydrogens is 238 g/mol. The highest BCUT2D eigenvalue weighted by Gasteiger charge is 2.30. The van der Waals surface area contributed by atoms with Gasteiger partial charge in [-0.25, -0.2) is 0 Å². The topological polar surface area (TPSA) is 101 Å². The molecule has 2 rings (SSSR count). The summed E-state index contributed by atoms with van der Waals surface area (Å²) in [6.45, 7) is 3.08. The fraction of sp³-hybridized carbons (Fsp3) is 0.273. The van der Waals surface area contributed by atoms with Crippen LogP contribution in [0.2, 0.25) is 0 Å². The summed E-state index contributed by atoms with van der Waals surface area (Å²) < 4.78 is 0. The van der Waals surface area contributed by atoms with Crippen LogP contribution in [-0.2, 0) is 4.79 Å². The Balaban J connectivity index is 2.78. The third kappa shape index (κ3) is 1.79. The number of benzene rings is 1. The highest BCUT2D eigenvalue weighted by atomic mass is 16.6. The Kier molecular flexibility index (Phi) is 2.74. The zero-order chi connectivity index (χ0) is 13.4. The molecule has 0 fully saturated rings. The van der Waals surface area contributed by atoms with Gasteiger partial charge in [-0.1, -0.05) is 0 Å². The van der Waals surface area contributed by atoms with E-state index >= 15 is 0 Å². The van der Waals surface area contributed by atoms with Gasteiger partial charge in [0.2, 0.25) is 5.91 Å². The average molecular weight is 249 g/mol. The lowest BCUT2D eigenvalue weighted by molar-refractivity contribution is -0.385. The standard InChI is InChI=1S/C11H11N3O4/c1-5-3-7-9(10(6(5)2)14(17)18)11(16)12-4-8(15)13-7/h3H,4H2,1-2H3,(H,12,16)(H,13,15). The van der Waals surface area contributed by atoms with Crippen molar-refractivity contribution in [2.45, 2.75) is 13.8 Å². The van der Waals surface area contributed by atoms with E-state index in [0.29, 0.717) is 11.1 Å². The summed E-state index contributed by atoms with van der Waals surface area (Å²) in [5.41, 5.74) is 0.906. The molecule has 1 aromatic carbocycles. The predicted molar refractivity (Wildman–Crippen MR) is 63.5 cm³/mol. The van der Waals surface area contributed by atoms with E-state index in [1.54, 1.807) is 19.9 Å². The maximum absolute atomic E-state index is 11.8. The molecule has 1 aliphatic rings. The third-order valence-electron chi connectivity index (χ3n) is 2.91. The summed E-state index contributed by atoms with van der Waals surface area (Å²) in [4.78, 5) is 33.7. The number of anilines is 1. The van der Waals surface area contributed by atoms with Crippen molar-refractivity contribution in [3.8, 4) is 0 Å². The molecule has 0 saturated carbocycles. The van der Waals surface area contributed by atoms with Gasteiger partial charge in [-0.3, -0.25) is 19.7 Å². The van der Waals surface area contributed by atoms with Crippen molar-refractivity contribution in [2.75, 3.05) is 11.9 Å². The first kappa shape index (κ1) is 12.0. The molecule has 1 aromatic rings. The molecular formula is C11H11N3O4. The van der Waals surface area contributed by atoms with Crippen LogP contribution in [0.4, 0.5) is 11.4 Å². The summed E-state index contributed by atoms with van der Waals surface area (Å²) in [5, 5.41) is 15.9. The fourth-order valence-corrected chi connectivity index (χ4v) is 1.90. The van der Waals surface area contributed by atoms with E-state index in [-0.39, 0.29) is 23.5 Å². The third-order valence-corrected chi connectivity index (χ3v) is 2.91. The van der Waals surface area contributed by atoms with E-state index in [1.807, 2.05) is 0 Å². The van der Waals surface area contributed by atoms with E-state index in [1.165, 1.54) is 0 Å². The lowest BCUT2D eigenvalue weighted by atomic mass is 10.0. The van der Waals surface area contributed by atoms with Crippen LogP contribution < -0.4 is 10.6 Å². The Hall–Kier alpha value is -2.44. The van der Waals surface area contributed by atoms with Crippen LogP contribution in [0, 0.1) is 24.0 Å². The molecule has 0 radical (unpaired) electrons. The molecule has 0 aliphatic carbocycles. The van der Waals surface area contributed by atoms with Crippen LogP contribution in [0.1, 0.15) is 21.5 Å². The number of nitro benzene ring substituents is 1. The number of hydrogen-bond acceptors (Lipinski definition) is 4. The number of nitrogens with zero attached hydrogens (tertiary/aromatic N) is 1. The zero-order valence-electron chi connectivity index (χ0n) is 9.86. The van der Waals surface area contributed by atoms with Crippen LogP contribution in [-0.4, -0.2) is 23.3 Å². The van der Waals surface area contributed by atoms with Crippen molar-refractivity contribution in [2.24, 2.45) is 0 Å². The summed E-state index contributed by atoms with van der Waals surface area (Å²) >= 11 is 0. The average Bonchev–Trinajstić information content (AvgIpc) is 2.41. The molecule has 7 heteroatoms. The van der Waals surface area contributed by atoms with E-state index < -0.39 is 16.7 Å². The van der Waals surface area contributed by atoms with E-state index in [9.17, 15) is 19.7 Å². The van der Waals surface area contributed by atoms with Crippen LogP contribution in [0.15, 0.2) is 6.07 Å². The molecule has 0 spiro atoms. The first-order valence-electron chi connectivity index (χ1n) is 5.28. The van der Waals surface area contributed by atoms with Gasteiger partial charge >= 0.3 is 0 Å². The number of amides is 2. The first-order chi connectivity index (χ1) is 8.41. The largest absolute Gasteiger partial charge is 0.343 e. The minimum Gasteiger partial charge on any atom is -0.343 e. The molecule has 0 atom stereocenters. The van der Waals surface area contributed by atoms with Crippen molar-refractivity contribution in [3.63, 3.8) is 0 Å². The Morgan fingerprint density at radius 2 is 2.00 bits per heavy atom. The summed E-state index contributed by atoms with van der Waals surface area (Å²) in [6, 6.07) is 1.57. The number of rotatable bonds is 1. The van der Waals surface area contributed by atoms with Gasteiger partial charge in [0.25, 0.3) is 11.6 Å². The Labute approximate surface area is 102 Å². The summed E-state index contributed by atoms with van der Waals surface area (Å²) in [6.07, 6.45) is 0. The monoisotopic (exact) mass is 249 g/mol. The van der Waals surface area contributed by atoms with Gasteiger partial charge in [-0.05, 0) is 25.5 Å². The molecule has 0 saturated heterocycles. The number of hydrogen-bond donors (Lipinski definition) is 2. The minimum absolute atomic E-state index is 0.0889. The van der Waals surface area contributed by atoms with Crippen LogP contribution in [0.5, 0.6) is 0 Å². The van der Waals surface area contributed by atoms with Gasteiger partial charge in [-0.2, -0.15) is 0 Å². The number of aryl methyl sites for hydroxylation is 1. The smallest absolute Gasteiger partial charge is 0.287 e. The van der Waals surface area contributed by atoms with Crippen LogP contribution in [0.25, 0.3) is 0 Å². The molecule has 7 nitrogen and oxygen atoms in total. The zero-order valence-corrected chi connectivity index (χ0v) is 9.86. The van der Waals surface area contributed by atoms with Gasteiger partial charge in [0.1, 0.15) is 5.56 Å². The predicted octanol–water partition coefficient (Wildman–Crippen LogP) is 0.894.